The molecular weight excluding hydrogens is 271 g/mol. The van der Waals surface area contributed by atoms with Crippen molar-refractivity contribution in [2.24, 2.45) is 5.73 Å². The number of hydrogen-bond donors (Lipinski definition) is 3. The average Bonchev–Trinajstić information content (AvgIpc) is 2.26. The molecule has 1 amide bonds. The summed E-state index contributed by atoms with van der Waals surface area (Å²) < 4.78 is 39.2. The SMILES string of the molecule is NC(=O)C(O)(C(=O)O)c1ccc(OC(F)(F)F)cc1. The van der Waals surface area contributed by atoms with Crippen LogP contribution in [0.2, 0.25) is 0 Å². The van der Waals surface area contributed by atoms with Crippen LogP contribution in [0.15, 0.2) is 24.3 Å². The molecule has 0 radical (unpaired) electrons. The Hall–Kier alpha value is -2.29. The van der Waals surface area contributed by atoms with Gasteiger partial charge >= 0.3 is 12.3 Å². The number of carboxylic acids is 1. The Morgan fingerprint density at radius 3 is 1.95 bits per heavy atom. The molecule has 0 fully saturated rings. The normalized spacial score (nSPS) is 14.5. The second kappa shape index (κ2) is 4.76. The molecule has 9 heteroatoms. The van der Waals surface area contributed by atoms with E-state index in [1.54, 1.807) is 0 Å². The summed E-state index contributed by atoms with van der Waals surface area (Å²) in [7, 11) is 0. The molecule has 1 atom stereocenters. The number of aliphatic hydroxyl groups is 1. The zero-order valence-corrected chi connectivity index (χ0v) is 9.14. The molecule has 0 bridgehead atoms. The molecule has 4 N–H and O–H groups in total. The number of alkyl halides is 3. The summed E-state index contributed by atoms with van der Waals surface area (Å²) in [6.07, 6.45) is -4.91. The van der Waals surface area contributed by atoms with Crippen LogP contribution in [-0.2, 0) is 15.2 Å². The van der Waals surface area contributed by atoms with E-state index in [1.807, 2.05) is 0 Å². The predicted molar refractivity (Wildman–Crippen MR) is 53.9 cm³/mol. The molecule has 19 heavy (non-hydrogen) atoms. The van der Waals surface area contributed by atoms with Crippen LogP contribution in [0.25, 0.3) is 0 Å². The van der Waals surface area contributed by atoms with Crippen molar-refractivity contribution >= 4 is 11.9 Å². The standard InChI is InChI=1S/C10H8F3NO5/c11-10(12,13)19-6-3-1-5(2-4-6)9(18,7(14)15)8(16)17/h1-4,18H,(H2,14,15)(H,16,17). The van der Waals surface area contributed by atoms with Gasteiger partial charge in [-0.3, -0.25) is 4.79 Å². The highest BCUT2D eigenvalue weighted by Gasteiger charge is 2.44. The third-order valence-corrected chi connectivity index (χ3v) is 2.17. The zero-order chi connectivity index (χ0) is 14.8. The highest BCUT2D eigenvalue weighted by molar-refractivity contribution is 6.05. The lowest BCUT2D eigenvalue weighted by Gasteiger charge is -2.20. The number of aliphatic carboxylic acids is 1. The smallest absolute Gasteiger partial charge is 0.478 e. The van der Waals surface area contributed by atoms with Gasteiger partial charge in [-0.15, -0.1) is 13.2 Å². The van der Waals surface area contributed by atoms with E-state index in [0.717, 1.165) is 24.3 Å². The molecule has 0 heterocycles. The number of benzene rings is 1. The minimum atomic E-state index is -4.91. The highest BCUT2D eigenvalue weighted by Crippen LogP contribution is 2.27. The van der Waals surface area contributed by atoms with E-state index >= 15 is 0 Å². The van der Waals surface area contributed by atoms with Gasteiger partial charge in [-0.05, 0) is 12.1 Å². The Bertz CT molecular complexity index is 483. The quantitative estimate of drug-likeness (QED) is 0.688. The van der Waals surface area contributed by atoms with Gasteiger partial charge in [-0.2, -0.15) is 0 Å². The molecular formula is C10H8F3NO5. The third kappa shape index (κ3) is 3.13. The molecule has 1 unspecified atom stereocenters. The predicted octanol–water partition coefficient (Wildman–Crippen LogP) is 0.343. The second-order valence-corrected chi connectivity index (χ2v) is 3.45. The van der Waals surface area contributed by atoms with Crippen LogP contribution in [0, 0.1) is 0 Å². The summed E-state index contributed by atoms with van der Waals surface area (Å²) in [5.41, 5.74) is 1.26. The number of carbonyl (C=O) groups is 2. The first-order valence-corrected chi connectivity index (χ1v) is 4.69. The maximum Gasteiger partial charge on any atom is 0.573 e. The van der Waals surface area contributed by atoms with Gasteiger partial charge in [0, 0.05) is 5.56 Å². The maximum atomic E-state index is 11.9. The number of halogens is 3. The lowest BCUT2D eigenvalue weighted by atomic mass is 9.93. The number of primary amides is 1. The summed E-state index contributed by atoms with van der Waals surface area (Å²) in [4.78, 5) is 21.8. The highest BCUT2D eigenvalue weighted by atomic mass is 19.4. The first kappa shape index (κ1) is 14.8. The second-order valence-electron chi connectivity index (χ2n) is 3.45. The van der Waals surface area contributed by atoms with Crippen molar-refractivity contribution in [2.75, 3.05) is 0 Å². The Labute approximate surface area is 104 Å². The molecule has 0 saturated carbocycles. The molecule has 0 aliphatic carbocycles. The van der Waals surface area contributed by atoms with Crippen molar-refractivity contribution in [3.8, 4) is 5.75 Å². The molecule has 0 aromatic heterocycles. The molecule has 0 aliphatic heterocycles. The van der Waals surface area contributed by atoms with E-state index in [9.17, 15) is 27.9 Å². The number of amides is 1. The summed E-state index contributed by atoms with van der Waals surface area (Å²) in [5, 5.41) is 18.4. The summed E-state index contributed by atoms with van der Waals surface area (Å²) >= 11 is 0. The molecule has 0 spiro atoms. The van der Waals surface area contributed by atoms with Gasteiger partial charge in [0.15, 0.2) is 0 Å². The van der Waals surface area contributed by atoms with Gasteiger partial charge in [0.2, 0.25) is 0 Å². The fourth-order valence-corrected chi connectivity index (χ4v) is 1.27. The Morgan fingerprint density at radius 1 is 1.16 bits per heavy atom. The molecule has 1 aromatic carbocycles. The van der Waals surface area contributed by atoms with Crippen LogP contribution in [-0.4, -0.2) is 28.5 Å². The molecule has 6 nitrogen and oxygen atoms in total. The molecule has 1 rings (SSSR count). The van der Waals surface area contributed by atoms with Crippen molar-refractivity contribution < 1.29 is 37.7 Å². The Balaban J connectivity index is 3.10. The van der Waals surface area contributed by atoms with Crippen LogP contribution in [0.3, 0.4) is 0 Å². The number of rotatable bonds is 4. The van der Waals surface area contributed by atoms with E-state index in [0.29, 0.717) is 0 Å². The number of carboxylic acid groups (broad SMARTS) is 1. The topological polar surface area (TPSA) is 110 Å². The molecule has 0 saturated heterocycles. The van der Waals surface area contributed by atoms with Crippen LogP contribution in [0.1, 0.15) is 5.56 Å². The van der Waals surface area contributed by atoms with Crippen LogP contribution in [0.5, 0.6) is 5.75 Å². The van der Waals surface area contributed by atoms with Crippen molar-refractivity contribution in [3.05, 3.63) is 29.8 Å². The van der Waals surface area contributed by atoms with E-state index in [-0.39, 0.29) is 0 Å². The number of ether oxygens (including phenoxy) is 1. The van der Waals surface area contributed by atoms with Gasteiger partial charge in [0.1, 0.15) is 5.75 Å². The van der Waals surface area contributed by atoms with Crippen LogP contribution >= 0.6 is 0 Å². The van der Waals surface area contributed by atoms with E-state index in [1.165, 1.54) is 0 Å². The van der Waals surface area contributed by atoms with Crippen LogP contribution in [0.4, 0.5) is 13.2 Å². The monoisotopic (exact) mass is 279 g/mol. The Morgan fingerprint density at radius 2 is 1.63 bits per heavy atom. The molecule has 0 aliphatic rings. The first-order valence-electron chi connectivity index (χ1n) is 4.69. The minimum absolute atomic E-state index is 0.484. The van der Waals surface area contributed by atoms with Crippen molar-refractivity contribution in [3.63, 3.8) is 0 Å². The van der Waals surface area contributed by atoms with Crippen molar-refractivity contribution in [1.82, 2.24) is 0 Å². The van der Waals surface area contributed by atoms with Crippen LogP contribution < -0.4 is 10.5 Å². The fraction of sp³-hybridized carbons (Fsp3) is 0.200. The summed E-state index contributed by atoms with van der Waals surface area (Å²) in [5.74, 6) is -4.14. The van der Waals surface area contributed by atoms with E-state index in [4.69, 9.17) is 10.8 Å². The number of nitrogens with two attached hydrogens (primary N) is 1. The number of carbonyl (C=O) groups excluding carboxylic acids is 1. The maximum absolute atomic E-state index is 11.9. The van der Waals surface area contributed by atoms with E-state index in [2.05, 4.69) is 4.74 Å². The van der Waals surface area contributed by atoms with Gasteiger partial charge in [-0.1, -0.05) is 12.1 Å². The minimum Gasteiger partial charge on any atom is -0.478 e. The van der Waals surface area contributed by atoms with Crippen molar-refractivity contribution in [1.29, 1.82) is 0 Å². The molecule has 104 valence electrons. The fourth-order valence-electron chi connectivity index (χ4n) is 1.27. The average molecular weight is 279 g/mol. The van der Waals surface area contributed by atoms with Gasteiger partial charge < -0.3 is 20.7 Å². The Kier molecular flexibility index (Phi) is 3.70. The summed E-state index contributed by atoms with van der Waals surface area (Å²) in [6, 6.07) is 3.08. The third-order valence-electron chi connectivity index (χ3n) is 2.17. The first-order chi connectivity index (χ1) is 8.57. The zero-order valence-electron chi connectivity index (χ0n) is 9.14. The van der Waals surface area contributed by atoms with E-state index < -0.39 is 35.2 Å². The molecule has 1 aromatic rings. The lowest BCUT2D eigenvalue weighted by molar-refractivity contribution is -0.274. The van der Waals surface area contributed by atoms with Crippen molar-refractivity contribution in [2.45, 2.75) is 12.0 Å². The van der Waals surface area contributed by atoms with Gasteiger partial charge in [-0.25, -0.2) is 4.79 Å². The summed E-state index contributed by atoms with van der Waals surface area (Å²) in [6.45, 7) is 0. The van der Waals surface area contributed by atoms with Gasteiger partial charge in [0.05, 0.1) is 0 Å². The lowest BCUT2D eigenvalue weighted by Crippen LogP contribution is -2.47. The largest absolute Gasteiger partial charge is 0.573 e. The van der Waals surface area contributed by atoms with Gasteiger partial charge in [0.25, 0.3) is 11.5 Å². The number of hydrogen-bond acceptors (Lipinski definition) is 4.